The van der Waals surface area contributed by atoms with E-state index in [4.69, 9.17) is 0 Å². The highest BCUT2D eigenvalue weighted by Crippen LogP contribution is 2.38. The van der Waals surface area contributed by atoms with E-state index in [-0.39, 0.29) is 9.73 Å². The summed E-state index contributed by atoms with van der Waals surface area (Å²) in [5, 5.41) is 0. The monoisotopic (exact) mass is 144 g/mol. The van der Waals surface area contributed by atoms with Crippen LogP contribution in [0.15, 0.2) is 0 Å². The molecule has 0 aromatic rings. The lowest BCUT2D eigenvalue weighted by Crippen LogP contribution is -2.17. The average Bonchev–Trinajstić information content (AvgIpc) is 1.14. The zero-order valence-electron chi connectivity index (χ0n) is 7.62. The number of rotatable bonds is 1. The van der Waals surface area contributed by atoms with Crippen LogP contribution in [0.25, 0.3) is 0 Å². The van der Waals surface area contributed by atoms with Crippen LogP contribution in [0.3, 0.4) is 0 Å². The van der Waals surface area contributed by atoms with Crippen molar-refractivity contribution in [2.45, 2.75) is 20.8 Å². The molecule has 0 saturated carbocycles. The van der Waals surface area contributed by atoms with E-state index < -0.39 is 0 Å². The smallest absolute Gasteiger partial charge is 0.142 e. The van der Waals surface area contributed by atoms with Crippen molar-refractivity contribution in [2.24, 2.45) is 5.41 Å². The second-order valence-corrected chi connectivity index (χ2v) is 9.27. The van der Waals surface area contributed by atoms with Crippen LogP contribution in [-0.2, 0) is 0 Å². The fourth-order valence-electron chi connectivity index (χ4n) is 1.30. The molecule has 0 spiro atoms. The van der Waals surface area contributed by atoms with Gasteiger partial charge in [-0.3, -0.25) is 0 Å². The molecule has 0 fully saturated rings. The van der Waals surface area contributed by atoms with Gasteiger partial charge in [0.05, 0.1) is 0 Å². The Morgan fingerprint density at radius 3 is 1.56 bits per heavy atom. The molecule has 0 aliphatic heterocycles. The molecule has 0 aliphatic rings. The summed E-state index contributed by atoms with van der Waals surface area (Å²) in [5.74, 6) is 1.38. The van der Waals surface area contributed by atoms with Gasteiger partial charge in [0.15, 0.2) is 0 Å². The van der Waals surface area contributed by atoms with Gasteiger partial charge >= 0.3 is 0 Å². The van der Waals surface area contributed by atoms with Gasteiger partial charge in [0.2, 0.25) is 0 Å². The Morgan fingerprint density at radius 2 is 1.56 bits per heavy atom. The molecule has 9 heavy (non-hydrogen) atoms. The molecule has 0 aliphatic carbocycles. The Morgan fingerprint density at radius 1 is 1.22 bits per heavy atom. The van der Waals surface area contributed by atoms with Gasteiger partial charge in [-0.2, -0.15) is 0 Å². The highest BCUT2D eigenvalue weighted by molar-refractivity contribution is 8.63. The summed E-state index contributed by atoms with van der Waals surface area (Å²) in [7, 11) is 4.46. The molecule has 0 saturated heterocycles. The highest BCUT2D eigenvalue weighted by atomic mass is 32.3. The van der Waals surface area contributed by atoms with Crippen LogP contribution in [0.2, 0.25) is 0 Å². The van der Waals surface area contributed by atoms with Crippen molar-refractivity contribution in [1.82, 2.24) is 0 Å². The first-order valence-electron chi connectivity index (χ1n) is 3.37. The predicted octanol–water partition coefficient (Wildman–Crippen LogP) is 0.563. The largest absolute Gasteiger partial charge is 0.315 e. The maximum Gasteiger partial charge on any atom is 0.142 e. The number of hydrogen-bond acceptors (Lipinski definition) is 0. The zero-order valence-corrected chi connectivity index (χ0v) is 8.43. The minimum absolute atomic E-state index is 0.282. The normalized spacial score (nSPS) is 15.6. The molecule has 0 heterocycles. The summed E-state index contributed by atoms with van der Waals surface area (Å²) in [6.07, 6.45) is 2.37. The molecule has 0 radical (unpaired) electrons. The maximum atomic E-state index is 2.37. The van der Waals surface area contributed by atoms with Crippen LogP contribution in [0.1, 0.15) is 20.8 Å². The van der Waals surface area contributed by atoms with Gasteiger partial charge in [0.1, 0.15) is 14.2 Å². The van der Waals surface area contributed by atoms with Crippen molar-refractivity contribution >= 4 is 24.0 Å². The lowest BCUT2D eigenvalue weighted by Gasteiger charge is -2.33. The van der Waals surface area contributed by atoms with E-state index in [0.717, 1.165) is 0 Å². The van der Waals surface area contributed by atoms with Crippen LogP contribution < -0.4 is 0 Å². The third-order valence-electron chi connectivity index (χ3n) is 0.866. The first-order chi connectivity index (χ1) is 3.71. The van der Waals surface area contributed by atoms with E-state index >= 15 is 0 Å². The van der Waals surface area contributed by atoms with E-state index in [1.807, 2.05) is 0 Å². The van der Waals surface area contributed by atoms with E-state index in [1.54, 1.807) is 0 Å². The molecular formula is C6H18B2S. The molecule has 0 N–H and O–H groups in total. The van der Waals surface area contributed by atoms with Crippen molar-refractivity contribution in [3.8, 4) is 0 Å². The molecule has 54 valence electrons. The molecule has 0 aromatic carbocycles. The summed E-state index contributed by atoms with van der Waals surface area (Å²) in [5.41, 5.74) is 0.521. The second-order valence-electron chi connectivity index (χ2n) is 4.80. The third-order valence-corrected chi connectivity index (χ3v) is 2.60. The van der Waals surface area contributed by atoms with Gasteiger partial charge in [-0.25, -0.2) is 0 Å². The second kappa shape index (κ2) is 2.61. The van der Waals surface area contributed by atoms with Gasteiger partial charge < -0.3 is 9.73 Å². The van der Waals surface area contributed by atoms with Crippen LogP contribution >= 0.6 is 9.73 Å². The van der Waals surface area contributed by atoms with Crippen LogP contribution in [-0.4, -0.2) is 26.3 Å². The lowest BCUT2D eigenvalue weighted by molar-refractivity contribution is 0.480. The highest BCUT2D eigenvalue weighted by Gasteiger charge is 2.16. The van der Waals surface area contributed by atoms with Crippen molar-refractivity contribution in [2.75, 3.05) is 12.0 Å². The zero-order chi connectivity index (χ0) is 7.71. The van der Waals surface area contributed by atoms with Gasteiger partial charge in [0, 0.05) is 0 Å². The molecule has 3 heteroatoms. The van der Waals surface area contributed by atoms with E-state index in [0.29, 0.717) is 5.41 Å². The summed E-state index contributed by atoms with van der Waals surface area (Å²) in [6.45, 7) is 6.93. The molecule has 0 aromatic heterocycles. The summed E-state index contributed by atoms with van der Waals surface area (Å²) < 4.78 is 0. The first-order valence-corrected chi connectivity index (χ1v) is 6.39. The minimum Gasteiger partial charge on any atom is -0.315 e. The van der Waals surface area contributed by atoms with Gasteiger partial charge in [0.25, 0.3) is 0 Å². The molecule has 0 unspecified atom stereocenters. The van der Waals surface area contributed by atoms with Gasteiger partial charge in [-0.15, -0.1) is 0 Å². The molecule has 0 amide bonds. The topological polar surface area (TPSA) is 0 Å². The molecule has 0 bridgehead atoms. The summed E-state index contributed by atoms with van der Waals surface area (Å²) in [4.78, 5) is 0. The Bertz CT molecular complexity index is 76.2. The van der Waals surface area contributed by atoms with Crippen molar-refractivity contribution in [1.29, 1.82) is 0 Å². The van der Waals surface area contributed by atoms with Gasteiger partial charge in [-0.05, 0) is 11.2 Å². The third kappa shape index (κ3) is 8.48. The minimum atomic E-state index is -0.282. The Hall–Kier alpha value is 0.480. The SMILES string of the molecule is BS(B)(C)CC(C)(C)C. The fourth-order valence-corrected chi connectivity index (χ4v) is 3.90. The molecular weight excluding hydrogens is 126 g/mol. The molecule has 0 atom stereocenters. The predicted molar refractivity (Wildman–Crippen MR) is 54.9 cm³/mol. The summed E-state index contributed by atoms with van der Waals surface area (Å²) >= 11 is 0. The van der Waals surface area contributed by atoms with E-state index in [2.05, 4.69) is 41.3 Å². The quantitative estimate of drug-likeness (QED) is 0.471. The fraction of sp³-hybridized carbons (Fsp3) is 1.00. The maximum absolute atomic E-state index is 2.37. The lowest BCUT2D eigenvalue weighted by atomic mass is 10.0. The van der Waals surface area contributed by atoms with E-state index in [1.165, 1.54) is 5.75 Å². The first kappa shape index (κ1) is 9.48. The van der Waals surface area contributed by atoms with Crippen LogP contribution in [0.5, 0.6) is 0 Å². The molecule has 0 nitrogen and oxygen atoms in total. The van der Waals surface area contributed by atoms with Crippen molar-refractivity contribution in [3.05, 3.63) is 0 Å². The van der Waals surface area contributed by atoms with Crippen molar-refractivity contribution in [3.63, 3.8) is 0 Å². The molecule has 0 rings (SSSR count). The Kier molecular flexibility index (Phi) is 2.75. The Balaban J connectivity index is 3.75. The van der Waals surface area contributed by atoms with Gasteiger partial charge in [-0.1, -0.05) is 27.0 Å². The Labute approximate surface area is 62.7 Å². The average molecular weight is 144 g/mol. The van der Waals surface area contributed by atoms with Crippen LogP contribution in [0, 0.1) is 5.41 Å². The van der Waals surface area contributed by atoms with Crippen molar-refractivity contribution < 1.29 is 0 Å². The standard InChI is InChI=1S/C6H18B2S/c1-6(2,3)5-9(4,7)8/h5,7-8H2,1-4H3. The number of hydrogen-bond donors (Lipinski definition) is 0. The van der Waals surface area contributed by atoms with Crippen LogP contribution in [0.4, 0.5) is 0 Å². The van der Waals surface area contributed by atoms with E-state index in [9.17, 15) is 0 Å². The summed E-state index contributed by atoms with van der Waals surface area (Å²) in [6, 6.07) is 0.